The number of aromatic nitrogens is 1. The average molecular weight is 334 g/mol. The van der Waals surface area contributed by atoms with Crippen molar-refractivity contribution in [1.29, 1.82) is 0 Å². The number of likely N-dealkylation sites (N-methyl/N-ethyl adjacent to an activating group) is 1. The van der Waals surface area contributed by atoms with E-state index in [9.17, 15) is 0 Å². The summed E-state index contributed by atoms with van der Waals surface area (Å²) < 4.78 is 5.26. The molecule has 0 radical (unpaired) electrons. The number of hydrogen-bond donors (Lipinski definition) is 1. The molecule has 0 aromatic carbocycles. The Labute approximate surface area is 142 Å². The smallest absolute Gasteiger partial charge is 0.193 e. The number of nitrogens with one attached hydrogen (secondary N) is 1. The van der Waals surface area contributed by atoms with Gasteiger partial charge in [0.05, 0.1) is 5.69 Å². The van der Waals surface area contributed by atoms with E-state index in [0.29, 0.717) is 5.92 Å². The molecule has 1 atom stereocenters. The zero-order valence-electron chi connectivity index (χ0n) is 14.6. The molecular weight excluding hydrogens is 308 g/mol. The molecule has 0 saturated heterocycles. The third-order valence-corrected chi connectivity index (χ3v) is 4.93. The first-order valence-electron chi connectivity index (χ1n) is 7.89. The van der Waals surface area contributed by atoms with E-state index in [2.05, 4.69) is 51.8 Å². The molecule has 1 unspecified atom stereocenters. The molecule has 0 spiro atoms. The molecule has 0 aliphatic heterocycles. The summed E-state index contributed by atoms with van der Waals surface area (Å²) in [5.41, 5.74) is 2.16. The molecule has 23 heavy (non-hydrogen) atoms. The predicted molar refractivity (Wildman–Crippen MR) is 96.4 cm³/mol. The fourth-order valence-electron chi connectivity index (χ4n) is 2.76. The van der Waals surface area contributed by atoms with Gasteiger partial charge in [-0.1, -0.05) is 18.1 Å². The molecule has 6 heteroatoms. The minimum Gasteiger partial charge on any atom is -0.361 e. The molecule has 0 bridgehead atoms. The van der Waals surface area contributed by atoms with Crippen LogP contribution in [-0.4, -0.2) is 43.2 Å². The van der Waals surface area contributed by atoms with Crippen molar-refractivity contribution in [2.24, 2.45) is 4.99 Å². The largest absolute Gasteiger partial charge is 0.361 e. The van der Waals surface area contributed by atoms with Gasteiger partial charge in [-0.25, -0.2) is 0 Å². The number of rotatable bonds is 6. The lowest BCUT2D eigenvalue weighted by Gasteiger charge is -2.23. The van der Waals surface area contributed by atoms with Crippen molar-refractivity contribution in [3.05, 3.63) is 39.4 Å². The van der Waals surface area contributed by atoms with Gasteiger partial charge in [-0.3, -0.25) is 4.99 Å². The third kappa shape index (κ3) is 4.58. The fraction of sp³-hybridized carbons (Fsp3) is 0.529. The lowest BCUT2D eigenvalue weighted by atomic mass is 10.00. The maximum Gasteiger partial charge on any atom is 0.193 e. The SMILES string of the molecule is CN=C(NCC(C)c1c(C)noc1C)N(C)CCc1cccs1. The summed E-state index contributed by atoms with van der Waals surface area (Å²) in [5, 5.41) is 9.61. The average Bonchev–Trinajstić information content (AvgIpc) is 3.15. The summed E-state index contributed by atoms with van der Waals surface area (Å²) in [5.74, 6) is 2.14. The molecule has 2 rings (SSSR count). The Morgan fingerprint density at radius 3 is 2.83 bits per heavy atom. The summed E-state index contributed by atoms with van der Waals surface area (Å²) >= 11 is 1.80. The van der Waals surface area contributed by atoms with E-state index in [1.807, 2.05) is 20.9 Å². The molecule has 2 aromatic rings. The molecule has 2 heterocycles. The van der Waals surface area contributed by atoms with Gasteiger partial charge in [0.25, 0.3) is 0 Å². The van der Waals surface area contributed by atoms with Gasteiger partial charge in [0.2, 0.25) is 0 Å². The molecule has 2 aromatic heterocycles. The first-order chi connectivity index (χ1) is 11.0. The second-order valence-electron chi connectivity index (χ2n) is 5.82. The van der Waals surface area contributed by atoms with E-state index >= 15 is 0 Å². The van der Waals surface area contributed by atoms with Crippen LogP contribution < -0.4 is 5.32 Å². The number of aliphatic imine (C=N–C) groups is 1. The first-order valence-corrected chi connectivity index (χ1v) is 8.77. The summed E-state index contributed by atoms with van der Waals surface area (Å²) in [4.78, 5) is 7.95. The highest BCUT2D eigenvalue weighted by Crippen LogP contribution is 2.22. The number of aryl methyl sites for hydroxylation is 2. The van der Waals surface area contributed by atoms with Gasteiger partial charge in [-0.15, -0.1) is 11.3 Å². The zero-order chi connectivity index (χ0) is 16.8. The molecule has 0 aliphatic carbocycles. The van der Waals surface area contributed by atoms with Crippen molar-refractivity contribution in [3.63, 3.8) is 0 Å². The highest BCUT2D eigenvalue weighted by atomic mass is 32.1. The normalized spacial score (nSPS) is 13.2. The van der Waals surface area contributed by atoms with Gasteiger partial charge in [-0.05, 0) is 31.7 Å². The number of hydrogen-bond acceptors (Lipinski definition) is 4. The molecule has 0 amide bonds. The second-order valence-corrected chi connectivity index (χ2v) is 6.85. The van der Waals surface area contributed by atoms with Gasteiger partial charge in [0.1, 0.15) is 5.76 Å². The van der Waals surface area contributed by atoms with E-state index in [4.69, 9.17) is 4.52 Å². The monoisotopic (exact) mass is 334 g/mol. The highest BCUT2D eigenvalue weighted by Gasteiger charge is 2.17. The molecular formula is C17H26N4OS. The van der Waals surface area contributed by atoms with Crippen molar-refractivity contribution in [1.82, 2.24) is 15.4 Å². The maximum absolute atomic E-state index is 5.26. The van der Waals surface area contributed by atoms with Crippen LogP contribution in [0.2, 0.25) is 0 Å². The van der Waals surface area contributed by atoms with Crippen LogP contribution in [0.15, 0.2) is 27.0 Å². The van der Waals surface area contributed by atoms with Crippen LogP contribution in [0.4, 0.5) is 0 Å². The van der Waals surface area contributed by atoms with Crippen LogP contribution >= 0.6 is 11.3 Å². The Morgan fingerprint density at radius 1 is 1.48 bits per heavy atom. The standard InChI is InChI=1S/C17H26N4OS/c1-12(16-13(2)20-22-14(16)3)11-19-17(18-4)21(5)9-8-15-7-6-10-23-15/h6-7,10,12H,8-9,11H2,1-5H3,(H,18,19). The molecule has 1 N–H and O–H groups in total. The number of thiophene rings is 1. The van der Waals surface area contributed by atoms with Crippen LogP contribution in [0.3, 0.4) is 0 Å². The quantitative estimate of drug-likeness (QED) is 0.651. The molecule has 5 nitrogen and oxygen atoms in total. The van der Waals surface area contributed by atoms with Gasteiger partial charge in [0.15, 0.2) is 5.96 Å². The molecule has 126 valence electrons. The van der Waals surface area contributed by atoms with Crippen molar-refractivity contribution >= 4 is 17.3 Å². The van der Waals surface area contributed by atoms with E-state index in [1.54, 1.807) is 11.3 Å². The van der Waals surface area contributed by atoms with Gasteiger partial charge >= 0.3 is 0 Å². The van der Waals surface area contributed by atoms with Gasteiger partial charge in [-0.2, -0.15) is 0 Å². The van der Waals surface area contributed by atoms with E-state index in [1.165, 1.54) is 10.4 Å². The summed E-state index contributed by atoms with van der Waals surface area (Å²) in [7, 11) is 3.90. The van der Waals surface area contributed by atoms with Crippen molar-refractivity contribution in [2.75, 3.05) is 27.2 Å². The molecule has 0 aliphatic rings. The zero-order valence-corrected chi connectivity index (χ0v) is 15.4. The van der Waals surface area contributed by atoms with Crippen LogP contribution in [-0.2, 0) is 6.42 Å². The number of guanidine groups is 1. The van der Waals surface area contributed by atoms with Crippen molar-refractivity contribution in [3.8, 4) is 0 Å². The maximum atomic E-state index is 5.26. The fourth-order valence-corrected chi connectivity index (χ4v) is 3.46. The summed E-state index contributed by atoms with van der Waals surface area (Å²) in [6, 6.07) is 4.27. The molecule has 0 fully saturated rings. The van der Waals surface area contributed by atoms with Crippen molar-refractivity contribution < 1.29 is 4.52 Å². The second kappa shape index (κ2) is 8.15. The minimum absolute atomic E-state index is 0.323. The van der Waals surface area contributed by atoms with Crippen molar-refractivity contribution in [2.45, 2.75) is 33.1 Å². The lowest BCUT2D eigenvalue weighted by molar-refractivity contribution is 0.391. The molecule has 0 saturated carbocycles. The van der Waals surface area contributed by atoms with Gasteiger partial charge < -0.3 is 14.7 Å². The van der Waals surface area contributed by atoms with E-state index < -0.39 is 0 Å². The van der Waals surface area contributed by atoms with Gasteiger partial charge in [0, 0.05) is 43.5 Å². The Hall–Kier alpha value is -1.82. The van der Waals surface area contributed by atoms with Crippen LogP contribution in [0.1, 0.15) is 34.7 Å². The van der Waals surface area contributed by atoms with Crippen LogP contribution in [0.5, 0.6) is 0 Å². The first kappa shape index (κ1) is 17.5. The van der Waals surface area contributed by atoms with Crippen LogP contribution in [0.25, 0.3) is 0 Å². The number of nitrogens with zero attached hydrogens (tertiary/aromatic N) is 3. The Morgan fingerprint density at radius 2 is 2.26 bits per heavy atom. The Bertz CT molecular complexity index is 614. The summed E-state index contributed by atoms with van der Waals surface area (Å²) in [6.07, 6.45) is 1.04. The topological polar surface area (TPSA) is 53.7 Å². The van der Waals surface area contributed by atoms with E-state index in [0.717, 1.165) is 36.9 Å². The third-order valence-electron chi connectivity index (χ3n) is 3.99. The summed E-state index contributed by atoms with van der Waals surface area (Å²) in [6.45, 7) is 7.88. The predicted octanol–water partition coefficient (Wildman–Crippen LogP) is 3.21. The minimum atomic E-state index is 0.323. The highest BCUT2D eigenvalue weighted by molar-refractivity contribution is 7.09. The lowest BCUT2D eigenvalue weighted by Crippen LogP contribution is -2.41. The Balaban J connectivity index is 1.87. The Kier molecular flexibility index (Phi) is 6.21. The van der Waals surface area contributed by atoms with E-state index in [-0.39, 0.29) is 0 Å². The van der Waals surface area contributed by atoms with Crippen LogP contribution in [0, 0.1) is 13.8 Å².